The molecular formula is C30H25BrN2O4. The number of hydrogen-bond acceptors (Lipinski definition) is 5. The Kier molecular flexibility index (Phi) is 8.44. The van der Waals surface area contributed by atoms with Gasteiger partial charge in [-0.05, 0) is 87.2 Å². The third-order valence-corrected chi connectivity index (χ3v) is 6.19. The summed E-state index contributed by atoms with van der Waals surface area (Å²) in [6.07, 6.45) is 1.51. The number of hydrogen-bond donors (Lipinski definition) is 1. The first kappa shape index (κ1) is 25.8. The molecule has 0 atom stereocenters. The van der Waals surface area contributed by atoms with E-state index in [1.165, 1.54) is 6.08 Å². The van der Waals surface area contributed by atoms with Crippen molar-refractivity contribution in [1.82, 2.24) is 0 Å². The molecule has 0 unspecified atom stereocenters. The molecule has 0 saturated heterocycles. The number of ether oxygens (including phenoxy) is 3. The van der Waals surface area contributed by atoms with Crippen molar-refractivity contribution in [3.8, 4) is 23.3 Å². The van der Waals surface area contributed by atoms with Crippen LogP contribution in [0.4, 0.5) is 5.69 Å². The summed E-state index contributed by atoms with van der Waals surface area (Å²) in [5.41, 5.74) is 2.17. The van der Waals surface area contributed by atoms with Gasteiger partial charge in [-0.1, -0.05) is 42.5 Å². The standard InChI is InChI=1S/C30H25BrN2O4/c1-3-36-25-13-11-24(12-14-25)33-30(34)23(18-32)15-20-16-27(31)29(28(17-20)35-2)37-19-22-9-6-8-21-7-4-5-10-26(21)22/h4-17H,3,19H2,1-2H3,(H,33,34)/b23-15+. The highest BCUT2D eigenvalue weighted by molar-refractivity contribution is 9.10. The van der Waals surface area contributed by atoms with Crippen LogP contribution < -0.4 is 19.5 Å². The van der Waals surface area contributed by atoms with Crippen LogP contribution in [0.15, 0.2) is 88.9 Å². The van der Waals surface area contributed by atoms with Crippen LogP contribution in [0.2, 0.25) is 0 Å². The normalized spacial score (nSPS) is 11.0. The minimum Gasteiger partial charge on any atom is -0.494 e. The van der Waals surface area contributed by atoms with Crippen molar-refractivity contribution in [2.24, 2.45) is 0 Å². The maximum atomic E-state index is 12.7. The number of methoxy groups -OCH3 is 1. The molecule has 0 heterocycles. The van der Waals surface area contributed by atoms with Crippen LogP contribution in [0.25, 0.3) is 16.8 Å². The van der Waals surface area contributed by atoms with Crippen molar-refractivity contribution in [1.29, 1.82) is 5.26 Å². The largest absolute Gasteiger partial charge is 0.494 e. The van der Waals surface area contributed by atoms with Crippen LogP contribution in [0.5, 0.6) is 17.2 Å². The molecule has 0 aromatic heterocycles. The quantitative estimate of drug-likeness (QED) is 0.175. The Morgan fingerprint density at radius 1 is 1.03 bits per heavy atom. The first-order valence-corrected chi connectivity index (χ1v) is 12.4. The SMILES string of the molecule is CCOc1ccc(NC(=O)/C(C#N)=C/c2cc(Br)c(OCc3cccc4ccccc34)c(OC)c2)cc1. The summed E-state index contributed by atoms with van der Waals surface area (Å²) in [4.78, 5) is 12.7. The molecule has 0 aliphatic heterocycles. The van der Waals surface area contributed by atoms with Gasteiger partial charge in [-0.25, -0.2) is 0 Å². The Bertz CT molecular complexity index is 1480. The molecular weight excluding hydrogens is 532 g/mol. The Hall–Kier alpha value is -4.28. The van der Waals surface area contributed by atoms with Crippen molar-refractivity contribution in [2.75, 3.05) is 19.0 Å². The molecule has 0 fully saturated rings. The van der Waals surface area contributed by atoms with E-state index >= 15 is 0 Å². The molecule has 0 aliphatic carbocycles. The number of nitriles is 1. The van der Waals surface area contributed by atoms with Crippen molar-refractivity contribution < 1.29 is 19.0 Å². The number of carbonyl (C=O) groups is 1. The van der Waals surface area contributed by atoms with Gasteiger partial charge < -0.3 is 19.5 Å². The summed E-state index contributed by atoms with van der Waals surface area (Å²) in [5.74, 6) is 1.20. The molecule has 7 heteroatoms. The Balaban J connectivity index is 1.53. The predicted molar refractivity (Wildman–Crippen MR) is 149 cm³/mol. The molecule has 0 aliphatic rings. The lowest BCUT2D eigenvalue weighted by atomic mass is 10.1. The molecule has 186 valence electrons. The predicted octanol–water partition coefficient (Wildman–Crippen LogP) is 7.13. The van der Waals surface area contributed by atoms with E-state index in [0.29, 0.717) is 46.2 Å². The number of rotatable bonds is 9. The highest BCUT2D eigenvalue weighted by atomic mass is 79.9. The van der Waals surface area contributed by atoms with Gasteiger partial charge in [0.15, 0.2) is 11.5 Å². The van der Waals surface area contributed by atoms with E-state index in [4.69, 9.17) is 14.2 Å². The van der Waals surface area contributed by atoms with E-state index in [9.17, 15) is 10.1 Å². The molecule has 4 rings (SSSR count). The summed E-state index contributed by atoms with van der Waals surface area (Å²) in [5, 5.41) is 14.6. The van der Waals surface area contributed by atoms with Gasteiger partial charge in [-0.15, -0.1) is 0 Å². The summed E-state index contributed by atoms with van der Waals surface area (Å²) < 4.78 is 17.8. The van der Waals surface area contributed by atoms with E-state index in [0.717, 1.165) is 16.3 Å². The summed E-state index contributed by atoms with van der Waals surface area (Å²) in [6.45, 7) is 2.80. The maximum absolute atomic E-state index is 12.7. The number of halogens is 1. The van der Waals surface area contributed by atoms with Crippen LogP contribution in [-0.2, 0) is 11.4 Å². The van der Waals surface area contributed by atoms with E-state index in [2.05, 4.69) is 39.4 Å². The first-order valence-electron chi connectivity index (χ1n) is 11.7. The molecule has 4 aromatic rings. The van der Waals surface area contributed by atoms with Crippen LogP contribution in [0.1, 0.15) is 18.1 Å². The average Bonchev–Trinajstić information content (AvgIpc) is 2.92. The van der Waals surface area contributed by atoms with Gasteiger partial charge in [0.2, 0.25) is 0 Å². The topological polar surface area (TPSA) is 80.6 Å². The Morgan fingerprint density at radius 3 is 2.51 bits per heavy atom. The minimum absolute atomic E-state index is 0.0488. The van der Waals surface area contributed by atoms with E-state index in [1.54, 1.807) is 43.5 Å². The Morgan fingerprint density at radius 2 is 1.78 bits per heavy atom. The highest BCUT2D eigenvalue weighted by Gasteiger charge is 2.15. The summed E-state index contributed by atoms with van der Waals surface area (Å²) in [6, 6.07) is 26.7. The smallest absolute Gasteiger partial charge is 0.266 e. The third kappa shape index (κ3) is 6.29. The average molecular weight is 557 g/mol. The first-order chi connectivity index (χ1) is 18.0. The summed E-state index contributed by atoms with van der Waals surface area (Å²) in [7, 11) is 1.55. The number of nitrogens with zero attached hydrogens (tertiary/aromatic N) is 1. The third-order valence-electron chi connectivity index (χ3n) is 5.60. The zero-order valence-electron chi connectivity index (χ0n) is 20.5. The second-order valence-electron chi connectivity index (χ2n) is 8.04. The lowest BCUT2D eigenvalue weighted by Gasteiger charge is -2.15. The van der Waals surface area contributed by atoms with Gasteiger partial charge in [-0.2, -0.15) is 5.26 Å². The second-order valence-corrected chi connectivity index (χ2v) is 8.90. The van der Waals surface area contributed by atoms with Crippen LogP contribution in [0.3, 0.4) is 0 Å². The number of carbonyl (C=O) groups excluding carboxylic acids is 1. The fraction of sp³-hybridized carbons (Fsp3) is 0.133. The van der Waals surface area contributed by atoms with Gasteiger partial charge in [0, 0.05) is 5.69 Å². The fourth-order valence-electron chi connectivity index (χ4n) is 3.85. The zero-order valence-corrected chi connectivity index (χ0v) is 22.0. The number of benzene rings is 4. The van der Waals surface area contributed by atoms with Gasteiger partial charge in [-0.3, -0.25) is 4.79 Å². The lowest BCUT2D eigenvalue weighted by molar-refractivity contribution is -0.112. The lowest BCUT2D eigenvalue weighted by Crippen LogP contribution is -2.13. The molecule has 4 aromatic carbocycles. The van der Waals surface area contributed by atoms with Crippen molar-refractivity contribution >= 4 is 44.4 Å². The van der Waals surface area contributed by atoms with Gasteiger partial charge in [0.1, 0.15) is 24.0 Å². The van der Waals surface area contributed by atoms with Crippen molar-refractivity contribution in [3.05, 3.63) is 100 Å². The molecule has 37 heavy (non-hydrogen) atoms. The monoisotopic (exact) mass is 556 g/mol. The number of fused-ring (bicyclic) bond motifs is 1. The van der Waals surface area contributed by atoms with Crippen LogP contribution >= 0.6 is 15.9 Å². The zero-order chi connectivity index (χ0) is 26.2. The van der Waals surface area contributed by atoms with Gasteiger partial charge >= 0.3 is 0 Å². The molecule has 0 saturated carbocycles. The maximum Gasteiger partial charge on any atom is 0.266 e. The van der Waals surface area contributed by atoms with Gasteiger partial charge in [0.25, 0.3) is 5.91 Å². The van der Waals surface area contributed by atoms with E-state index < -0.39 is 5.91 Å². The summed E-state index contributed by atoms with van der Waals surface area (Å²) >= 11 is 3.55. The van der Waals surface area contributed by atoms with E-state index in [1.807, 2.05) is 37.3 Å². The number of nitrogens with one attached hydrogen (secondary N) is 1. The van der Waals surface area contributed by atoms with Crippen molar-refractivity contribution in [3.63, 3.8) is 0 Å². The van der Waals surface area contributed by atoms with E-state index in [-0.39, 0.29) is 5.57 Å². The number of anilines is 1. The second kappa shape index (κ2) is 12.1. The Labute approximate surface area is 224 Å². The van der Waals surface area contributed by atoms with Crippen molar-refractivity contribution in [2.45, 2.75) is 13.5 Å². The molecule has 1 N–H and O–H groups in total. The van der Waals surface area contributed by atoms with Gasteiger partial charge in [0.05, 0.1) is 18.2 Å². The van der Waals surface area contributed by atoms with Crippen LogP contribution in [-0.4, -0.2) is 19.6 Å². The molecule has 6 nitrogen and oxygen atoms in total. The fourth-order valence-corrected chi connectivity index (χ4v) is 4.42. The molecule has 0 radical (unpaired) electrons. The molecule has 0 spiro atoms. The minimum atomic E-state index is -0.516. The molecule has 0 bridgehead atoms. The molecule has 1 amide bonds. The highest BCUT2D eigenvalue weighted by Crippen LogP contribution is 2.38. The number of amides is 1. The van der Waals surface area contributed by atoms with Crippen LogP contribution in [0, 0.1) is 11.3 Å².